The van der Waals surface area contributed by atoms with Crippen LogP contribution in [0.3, 0.4) is 0 Å². The Kier molecular flexibility index (Phi) is 6.33. The van der Waals surface area contributed by atoms with Crippen molar-refractivity contribution in [3.05, 3.63) is 11.5 Å². The number of hydrogen-bond donors (Lipinski definition) is 0. The van der Waals surface area contributed by atoms with Gasteiger partial charge in [0.2, 0.25) is 0 Å². The van der Waals surface area contributed by atoms with Crippen molar-refractivity contribution in [3.63, 3.8) is 0 Å². The summed E-state index contributed by atoms with van der Waals surface area (Å²) >= 11 is 0. The number of amides is 1. The fourth-order valence-corrected chi connectivity index (χ4v) is 1.86. The molecular weight excluding hydrogens is 293 g/mol. The van der Waals surface area contributed by atoms with Crippen LogP contribution in [0.25, 0.3) is 0 Å². The predicted octanol–water partition coefficient (Wildman–Crippen LogP) is 2.82. The zero-order valence-corrected chi connectivity index (χ0v) is 15.7. The van der Waals surface area contributed by atoms with Crippen LogP contribution in [0, 0.1) is 0 Å². The van der Waals surface area contributed by atoms with Gasteiger partial charge in [0.15, 0.2) is 5.60 Å². The van der Waals surface area contributed by atoms with E-state index in [0.717, 1.165) is 18.3 Å². The van der Waals surface area contributed by atoms with Crippen LogP contribution in [0.5, 0.6) is 0 Å². The molecule has 5 nitrogen and oxygen atoms in total. The third kappa shape index (κ3) is 6.55. The summed E-state index contributed by atoms with van der Waals surface area (Å²) in [6, 6.07) is 0. The van der Waals surface area contributed by atoms with E-state index < -0.39 is 16.8 Å². The minimum absolute atomic E-state index is 0.275. The van der Waals surface area contributed by atoms with E-state index in [0.29, 0.717) is 13.1 Å². The van der Waals surface area contributed by atoms with Gasteiger partial charge in [-0.3, -0.25) is 0 Å². The van der Waals surface area contributed by atoms with E-state index in [1.54, 1.807) is 12.4 Å². The topological polar surface area (TPSA) is 61.7 Å². The molecule has 0 aromatic heterocycles. The fraction of sp³-hybridized carbons (Fsp3) is 0.824. The summed E-state index contributed by atoms with van der Waals surface area (Å²) < 4.78 is 11.3. The number of hydrogen-bond acceptors (Lipinski definition) is 3. The molecule has 1 heterocycles. The van der Waals surface area contributed by atoms with E-state index >= 15 is 0 Å². The first-order valence-electron chi connectivity index (χ1n) is 8.25. The van der Waals surface area contributed by atoms with Crippen LogP contribution < -0.4 is 0 Å². The minimum Gasteiger partial charge on any atom is -0.444 e. The second-order valence-corrected chi connectivity index (χ2v) is 8.18. The number of nitrogens with zero attached hydrogens (tertiary/aromatic N) is 1. The summed E-state index contributed by atoms with van der Waals surface area (Å²) in [5.74, 6) is 0. The van der Waals surface area contributed by atoms with Gasteiger partial charge < -0.3 is 19.4 Å². The number of carbonyl (C=O) groups is 1. The normalized spacial score (nSPS) is 17.4. The number of carbonyl (C=O) groups excluding carboxylic acids is 1. The molecule has 2 N–H and O–H groups in total. The second-order valence-electron chi connectivity index (χ2n) is 8.18. The van der Waals surface area contributed by atoms with Crippen molar-refractivity contribution < 1.29 is 19.3 Å². The lowest BCUT2D eigenvalue weighted by Crippen LogP contribution is -2.48. The smallest absolute Gasteiger partial charge is 0.410 e. The van der Waals surface area contributed by atoms with Crippen LogP contribution in [0.15, 0.2) is 11.5 Å². The molecule has 0 spiro atoms. The zero-order valence-electron chi connectivity index (χ0n) is 15.7. The Morgan fingerprint density at radius 3 is 2.35 bits per heavy atom. The Balaban J connectivity index is 2.60. The first-order chi connectivity index (χ1) is 10.3. The van der Waals surface area contributed by atoms with Gasteiger partial charge >= 0.3 is 13.6 Å². The summed E-state index contributed by atoms with van der Waals surface area (Å²) in [6.45, 7) is 14.3. The highest BCUT2D eigenvalue weighted by molar-refractivity contribution is 6.38. The van der Waals surface area contributed by atoms with Crippen LogP contribution >= 0.6 is 0 Å². The highest BCUT2D eigenvalue weighted by Crippen LogP contribution is 2.25. The number of rotatable bonds is 4. The van der Waals surface area contributed by atoms with Crippen molar-refractivity contribution >= 4 is 13.6 Å². The van der Waals surface area contributed by atoms with Crippen molar-refractivity contribution in [1.29, 1.82) is 0 Å². The lowest BCUT2D eigenvalue weighted by Gasteiger charge is -2.33. The van der Waals surface area contributed by atoms with Gasteiger partial charge in [-0.2, -0.15) is 0 Å². The van der Waals surface area contributed by atoms with Gasteiger partial charge in [-0.05, 0) is 47.5 Å². The second kappa shape index (κ2) is 7.26. The molecule has 1 aliphatic heterocycles. The van der Waals surface area contributed by atoms with Crippen LogP contribution in [0.4, 0.5) is 4.79 Å². The van der Waals surface area contributed by atoms with Crippen molar-refractivity contribution in [3.8, 4) is 0 Å². The Morgan fingerprint density at radius 1 is 1.22 bits per heavy atom. The molecular formula is C17H32BNO4+. The summed E-state index contributed by atoms with van der Waals surface area (Å²) in [4.78, 5) is 13.8. The third-order valence-corrected chi connectivity index (χ3v) is 4.13. The molecule has 0 unspecified atom stereocenters. The summed E-state index contributed by atoms with van der Waals surface area (Å²) in [5, 5.41) is 8.13. The molecule has 1 amide bonds. The molecule has 0 atom stereocenters. The first-order valence-corrected chi connectivity index (χ1v) is 8.25. The average Bonchev–Trinajstić information content (AvgIpc) is 2.58. The Bertz CT molecular complexity index is 446. The van der Waals surface area contributed by atoms with Crippen LogP contribution in [-0.4, -0.2) is 53.5 Å². The molecule has 131 valence electrons. The minimum atomic E-state index is -0.697. The predicted molar refractivity (Wildman–Crippen MR) is 93.7 cm³/mol. The molecule has 0 aromatic rings. The van der Waals surface area contributed by atoms with E-state index in [9.17, 15) is 4.79 Å². The molecule has 0 fully saturated rings. The number of allylic oxidation sites excluding steroid dienone is 1. The molecule has 0 aliphatic carbocycles. The van der Waals surface area contributed by atoms with E-state index in [1.165, 1.54) is 0 Å². The van der Waals surface area contributed by atoms with Gasteiger partial charge in [-0.25, -0.2) is 4.79 Å². The lowest BCUT2D eigenvalue weighted by atomic mass is 9.80. The van der Waals surface area contributed by atoms with Gasteiger partial charge in [0, 0.05) is 26.9 Å². The highest BCUT2D eigenvalue weighted by atomic mass is 16.6. The molecule has 0 aromatic carbocycles. The van der Waals surface area contributed by atoms with Gasteiger partial charge in [0.25, 0.3) is 0 Å². The van der Waals surface area contributed by atoms with Gasteiger partial charge in [-0.15, -0.1) is 0 Å². The maximum Gasteiger partial charge on any atom is 0.410 e. The monoisotopic (exact) mass is 325 g/mol. The molecule has 1 radical (unpaired) electrons. The first kappa shape index (κ1) is 20.0. The molecule has 0 bridgehead atoms. The highest BCUT2D eigenvalue weighted by Gasteiger charge is 2.40. The summed E-state index contributed by atoms with van der Waals surface area (Å²) in [6.07, 6.45) is 3.46. The Labute approximate surface area is 141 Å². The summed E-state index contributed by atoms with van der Waals surface area (Å²) in [5.41, 5.74) is -0.689. The van der Waals surface area contributed by atoms with Crippen molar-refractivity contribution in [2.24, 2.45) is 0 Å². The maximum absolute atomic E-state index is 12.1. The molecule has 23 heavy (non-hydrogen) atoms. The zero-order chi connectivity index (χ0) is 17.9. The summed E-state index contributed by atoms with van der Waals surface area (Å²) in [7, 11) is 1.74. The molecule has 1 aliphatic rings. The van der Waals surface area contributed by atoms with E-state index in [-0.39, 0.29) is 6.09 Å². The molecule has 6 heteroatoms. The van der Waals surface area contributed by atoms with Crippen molar-refractivity contribution in [2.45, 2.75) is 78.1 Å². The average molecular weight is 325 g/mol. The van der Waals surface area contributed by atoms with E-state index in [1.807, 2.05) is 54.5 Å². The van der Waals surface area contributed by atoms with E-state index in [4.69, 9.17) is 14.5 Å². The number of ether oxygens (including phenoxy) is 1. The van der Waals surface area contributed by atoms with Crippen LogP contribution in [-0.2, 0) is 9.39 Å². The Morgan fingerprint density at radius 2 is 1.83 bits per heavy atom. The third-order valence-electron chi connectivity index (χ3n) is 4.13. The van der Waals surface area contributed by atoms with Gasteiger partial charge in [0.05, 0.1) is 0 Å². The fourth-order valence-electron chi connectivity index (χ4n) is 1.86. The van der Waals surface area contributed by atoms with Crippen LogP contribution in [0.2, 0.25) is 0 Å². The Hall–Kier alpha value is -1.01. The van der Waals surface area contributed by atoms with Gasteiger partial charge in [0.1, 0.15) is 11.2 Å². The van der Waals surface area contributed by atoms with Crippen LogP contribution in [0.1, 0.15) is 61.3 Å². The SMILES string of the molecule is CC(C)(C)OC(=O)N1CC=C([B]OC(C)(C)C(C)(C)[OH2+])CCC1. The molecule has 1 rings (SSSR count). The largest absolute Gasteiger partial charge is 0.444 e. The molecule has 0 saturated heterocycles. The quantitative estimate of drug-likeness (QED) is 0.590. The maximum atomic E-state index is 12.1. The van der Waals surface area contributed by atoms with Gasteiger partial charge in [-0.1, -0.05) is 11.5 Å². The van der Waals surface area contributed by atoms with Crippen molar-refractivity contribution in [2.75, 3.05) is 13.1 Å². The van der Waals surface area contributed by atoms with E-state index in [2.05, 4.69) is 0 Å². The lowest BCUT2D eigenvalue weighted by molar-refractivity contribution is -0.0897. The molecule has 0 saturated carbocycles. The standard InChI is InChI=1S/C17H31BNO4/c1-15(2,3)22-14(20)19-11-8-9-13(10-12-19)18-23-17(6,7)16(4,5)21/h10,21H,8-9,11-12H2,1-7H3/p+1. The van der Waals surface area contributed by atoms with Crippen molar-refractivity contribution in [1.82, 2.24) is 4.90 Å².